The fourth-order valence-electron chi connectivity index (χ4n) is 3.60. The molecule has 0 saturated carbocycles. The summed E-state index contributed by atoms with van der Waals surface area (Å²) < 4.78 is 13.4. The first-order chi connectivity index (χ1) is 16.1. The molecule has 8 heteroatoms. The van der Waals surface area contributed by atoms with Gasteiger partial charge in [0.1, 0.15) is 21.8 Å². The summed E-state index contributed by atoms with van der Waals surface area (Å²) in [6.45, 7) is 4.72. The first-order valence-corrected chi connectivity index (χ1v) is 12.8. The van der Waals surface area contributed by atoms with Crippen molar-refractivity contribution in [3.05, 3.63) is 53.1 Å². The van der Waals surface area contributed by atoms with Crippen molar-refractivity contribution in [1.29, 1.82) is 5.26 Å². The molecule has 1 N–H and O–H groups in total. The van der Waals surface area contributed by atoms with Gasteiger partial charge in [0.2, 0.25) is 0 Å². The Labute approximate surface area is 204 Å². The number of methoxy groups -OCH3 is 1. The number of benzene rings is 2. The van der Waals surface area contributed by atoms with Crippen LogP contribution in [0, 0.1) is 11.3 Å². The van der Waals surface area contributed by atoms with Crippen LogP contribution >= 0.6 is 23.3 Å². The first-order valence-electron chi connectivity index (χ1n) is 11.0. The topological polar surface area (TPSA) is 80.1 Å². The summed E-state index contributed by atoms with van der Waals surface area (Å²) in [4.78, 5) is 0. The fourth-order valence-corrected chi connectivity index (χ4v) is 4.95. The van der Waals surface area contributed by atoms with Crippen LogP contribution in [-0.4, -0.2) is 42.8 Å². The van der Waals surface area contributed by atoms with Crippen molar-refractivity contribution in [1.82, 2.24) is 14.9 Å². The molecule has 0 unspecified atom stereocenters. The molecule has 1 aromatic heterocycles. The van der Waals surface area contributed by atoms with Gasteiger partial charge in [-0.25, -0.2) is 0 Å². The third-order valence-corrected chi connectivity index (χ3v) is 6.71. The van der Waals surface area contributed by atoms with Crippen molar-refractivity contribution in [3.8, 4) is 33.0 Å². The summed E-state index contributed by atoms with van der Waals surface area (Å²) in [7, 11) is 3.61. The molecular weight excluding hydrogens is 452 g/mol. The van der Waals surface area contributed by atoms with Crippen LogP contribution < -0.4 is 9.46 Å². The van der Waals surface area contributed by atoms with Gasteiger partial charge in [0.25, 0.3) is 0 Å². The molecule has 0 aliphatic heterocycles. The molecular formula is C25H30N4O2S2. The Kier molecular flexibility index (Phi) is 9.70. The highest BCUT2D eigenvalue weighted by Gasteiger charge is 2.19. The van der Waals surface area contributed by atoms with Gasteiger partial charge in [-0.15, -0.1) is 10.2 Å². The standard InChI is InChI=1S/C21H19N3OS.C4H11NOS/c1-13(2)25-19-10-9-15(11-16(19)12-22)20-23-24-21(26-20)18-8-4-6-14-5-3-7-17(14)18;1-5-7-4-3-6-2/h4,6,8-11,13H,3,5,7H2,1-2H3;5H,3-4H2,1-2H3. The molecule has 1 heterocycles. The number of aryl methyl sites for hydroxylation is 1. The van der Waals surface area contributed by atoms with Crippen LogP contribution in [0.5, 0.6) is 5.75 Å². The predicted octanol–water partition coefficient (Wildman–Crippen LogP) is 5.52. The molecule has 0 atom stereocenters. The monoisotopic (exact) mass is 482 g/mol. The first kappa shape index (κ1) is 25.2. The van der Waals surface area contributed by atoms with Gasteiger partial charge in [-0.2, -0.15) is 5.26 Å². The van der Waals surface area contributed by atoms with Gasteiger partial charge in [0, 0.05) is 24.0 Å². The highest BCUT2D eigenvalue weighted by Crippen LogP contribution is 2.37. The average molecular weight is 483 g/mol. The Morgan fingerprint density at radius 3 is 2.73 bits per heavy atom. The molecule has 0 bridgehead atoms. The Morgan fingerprint density at radius 1 is 1.18 bits per heavy atom. The lowest BCUT2D eigenvalue weighted by atomic mass is 10.0. The largest absolute Gasteiger partial charge is 0.490 e. The SMILES string of the molecule is CC(C)Oc1ccc(-c2nnc(-c3cccc4c3CCC4)s2)cc1C#N.CNSCCOC. The summed E-state index contributed by atoms with van der Waals surface area (Å²) in [5, 5.41) is 20.0. The molecule has 174 valence electrons. The van der Waals surface area contributed by atoms with E-state index >= 15 is 0 Å². The van der Waals surface area contributed by atoms with Gasteiger partial charge in [-0.05, 0) is 69.5 Å². The fraction of sp³-hybridized carbons (Fsp3) is 0.400. The minimum atomic E-state index is 0.0289. The highest BCUT2D eigenvalue weighted by atomic mass is 32.2. The van der Waals surface area contributed by atoms with E-state index in [1.807, 2.05) is 39.1 Å². The van der Waals surface area contributed by atoms with Gasteiger partial charge < -0.3 is 9.47 Å². The van der Waals surface area contributed by atoms with E-state index in [2.05, 4.69) is 39.2 Å². The van der Waals surface area contributed by atoms with Crippen LogP contribution in [0.4, 0.5) is 0 Å². The number of rotatable bonds is 8. The van der Waals surface area contributed by atoms with Gasteiger partial charge in [-0.1, -0.05) is 41.5 Å². The average Bonchev–Trinajstić information content (AvgIpc) is 3.49. The van der Waals surface area contributed by atoms with Gasteiger partial charge in [0.05, 0.1) is 18.3 Å². The molecule has 1 aliphatic rings. The Hall–Kier alpha value is -2.44. The van der Waals surface area contributed by atoms with Gasteiger partial charge >= 0.3 is 0 Å². The van der Waals surface area contributed by atoms with Crippen molar-refractivity contribution in [2.75, 3.05) is 26.5 Å². The number of aromatic nitrogens is 2. The molecule has 1 aliphatic carbocycles. The molecule has 0 radical (unpaired) electrons. The molecule has 0 spiro atoms. The van der Waals surface area contributed by atoms with E-state index < -0.39 is 0 Å². The maximum atomic E-state index is 9.43. The quantitative estimate of drug-likeness (QED) is 0.334. The highest BCUT2D eigenvalue weighted by molar-refractivity contribution is 7.97. The molecule has 2 aromatic carbocycles. The number of nitriles is 1. The predicted molar refractivity (Wildman–Crippen MR) is 137 cm³/mol. The van der Waals surface area contributed by atoms with E-state index in [-0.39, 0.29) is 6.10 Å². The summed E-state index contributed by atoms with van der Waals surface area (Å²) in [5.74, 6) is 1.63. The normalized spacial score (nSPS) is 12.1. The second kappa shape index (κ2) is 12.7. The molecule has 0 fully saturated rings. The van der Waals surface area contributed by atoms with Crippen LogP contribution in [0.15, 0.2) is 36.4 Å². The lowest BCUT2D eigenvalue weighted by molar-refractivity contribution is 0.218. The van der Waals surface area contributed by atoms with E-state index in [0.29, 0.717) is 11.3 Å². The van der Waals surface area contributed by atoms with Crippen LogP contribution in [-0.2, 0) is 17.6 Å². The van der Waals surface area contributed by atoms with Crippen molar-refractivity contribution in [2.24, 2.45) is 0 Å². The minimum absolute atomic E-state index is 0.0289. The van der Waals surface area contributed by atoms with Crippen molar-refractivity contribution < 1.29 is 9.47 Å². The van der Waals surface area contributed by atoms with E-state index in [0.717, 1.165) is 40.8 Å². The summed E-state index contributed by atoms with van der Waals surface area (Å²) in [5.41, 5.74) is 5.46. The van der Waals surface area contributed by atoms with E-state index in [4.69, 9.17) is 9.47 Å². The number of ether oxygens (including phenoxy) is 2. The van der Waals surface area contributed by atoms with E-state index in [1.54, 1.807) is 30.4 Å². The number of nitrogens with one attached hydrogen (secondary N) is 1. The van der Waals surface area contributed by atoms with Crippen molar-refractivity contribution in [2.45, 2.75) is 39.2 Å². The zero-order valence-electron chi connectivity index (χ0n) is 19.6. The number of fused-ring (bicyclic) bond motifs is 1. The van der Waals surface area contributed by atoms with Gasteiger partial charge in [0.15, 0.2) is 0 Å². The molecule has 0 amide bonds. The number of nitrogens with zero attached hydrogens (tertiary/aromatic N) is 3. The zero-order chi connectivity index (χ0) is 23.6. The second-order valence-corrected chi connectivity index (χ2v) is 9.83. The van der Waals surface area contributed by atoms with Gasteiger partial charge in [-0.3, -0.25) is 4.72 Å². The third kappa shape index (κ3) is 6.78. The number of hydrogen-bond donors (Lipinski definition) is 1. The van der Waals surface area contributed by atoms with Crippen LogP contribution in [0.1, 0.15) is 37.0 Å². The lowest BCUT2D eigenvalue weighted by Crippen LogP contribution is -2.06. The lowest BCUT2D eigenvalue weighted by Gasteiger charge is -2.11. The molecule has 33 heavy (non-hydrogen) atoms. The number of hydrogen-bond acceptors (Lipinski definition) is 8. The Balaban J connectivity index is 0.000000383. The minimum Gasteiger partial charge on any atom is -0.490 e. The maximum absolute atomic E-state index is 9.43. The Morgan fingerprint density at radius 2 is 2.00 bits per heavy atom. The summed E-state index contributed by atoms with van der Waals surface area (Å²) >= 11 is 3.23. The Bertz CT molecular complexity index is 1090. The van der Waals surface area contributed by atoms with Crippen molar-refractivity contribution >= 4 is 23.3 Å². The zero-order valence-corrected chi connectivity index (χ0v) is 21.2. The summed E-state index contributed by atoms with van der Waals surface area (Å²) in [6.07, 6.45) is 3.50. The van der Waals surface area contributed by atoms with E-state index in [1.165, 1.54) is 23.1 Å². The molecule has 3 aromatic rings. The molecule has 6 nitrogen and oxygen atoms in total. The third-order valence-electron chi connectivity index (χ3n) is 5.04. The van der Waals surface area contributed by atoms with Crippen LogP contribution in [0.2, 0.25) is 0 Å². The molecule has 0 saturated heterocycles. The van der Waals surface area contributed by atoms with E-state index in [9.17, 15) is 5.26 Å². The van der Waals surface area contributed by atoms with Crippen molar-refractivity contribution in [3.63, 3.8) is 0 Å². The van der Waals surface area contributed by atoms with Crippen LogP contribution in [0.3, 0.4) is 0 Å². The maximum Gasteiger partial charge on any atom is 0.148 e. The van der Waals surface area contributed by atoms with Crippen LogP contribution in [0.25, 0.3) is 21.1 Å². The molecule has 4 rings (SSSR count). The smallest absolute Gasteiger partial charge is 0.148 e. The summed E-state index contributed by atoms with van der Waals surface area (Å²) in [6, 6.07) is 14.3. The second-order valence-electron chi connectivity index (χ2n) is 7.74.